The van der Waals surface area contributed by atoms with Gasteiger partial charge in [-0.1, -0.05) is 13.5 Å². The molecule has 0 heterocycles. The van der Waals surface area contributed by atoms with E-state index in [4.69, 9.17) is 42.6 Å². The highest BCUT2D eigenvalue weighted by atomic mass is 16.6. The highest BCUT2D eigenvalue weighted by Crippen LogP contribution is 1.92. The van der Waals surface area contributed by atoms with Crippen LogP contribution in [0, 0.1) is 0 Å². The van der Waals surface area contributed by atoms with Crippen molar-refractivity contribution in [3.8, 4) is 0 Å². The lowest BCUT2D eigenvalue weighted by atomic mass is 10.4. The molecule has 0 aromatic heterocycles. The Morgan fingerprint density at radius 3 is 0.970 bits per heavy atom. The number of carbonyl (C=O) groups excluding carboxylic acids is 1. The highest BCUT2D eigenvalue weighted by molar-refractivity contribution is 5.86. The number of esters is 1. The van der Waals surface area contributed by atoms with Crippen LogP contribution in [0.2, 0.25) is 0 Å². The zero-order chi connectivity index (χ0) is 24.2. The van der Waals surface area contributed by atoms with Crippen molar-refractivity contribution in [1.29, 1.82) is 0 Å². The van der Waals surface area contributed by atoms with Gasteiger partial charge in [0.2, 0.25) is 0 Å². The molecule has 0 amide bonds. The molecule has 10 nitrogen and oxygen atoms in total. The van der Waals surface area contributed by atoms with E-state index in [2.05, 4.69) is 13.5 Å². The molecule has 10 heteroatoms. The summed E-state index contributed by atoms with van der Waals surface area (Å²) in [4.78, 5) is 11.1. The minimum atomic E-state index is -0.407. The second-order valence-corrected chi connectivity index (χ2v) is 6.82. The molecule has 0 N–H and O–H groups in total. The van der Waals surface area contributed by atoms with E-state index in [1.807, 2.05) is 0 Å². The predicted molar refractivity (Wildman–Crippen MR) is 123 cm³/mol. The molecule has 0 aliphatic carbocycles. The Kier molecular flexibility index (Phi) is 26.2. The number of hydrogen-bond acceptors (Lipinski definition) is 10. The first-order valence-corrected chi connectivity index (χ1v) is 11.6. The molecular formula is C23H44O10. The van der Waals surface area contributed by atoms with Crippen LogP contribution in [-0.2, 0) is 47.4 Å². The van der Waals surface area contributed by atoms with Gasteiger partial charge in [0.1, 0.15) is 6.61 Å². The van der Waals surface area contributed by atoms with E-state index in [0.717, 1.165) is 13.0 Å². The fourth-order valence-corrected chi connectivity index (χ4v) is 2.10. The quantitative estimate of drug-likeness (QED) is 0.0980. The molecule has 0 unspecified atom stereocenters. The first-order chi connectivity index (χ1) is 16.2. The molecule has 0 fully saturated rings. The molecule has 0 aromatic rings. The van der Waals surface area contributed by atoms with Crippen molar-refractivity contribution in [3.05, 3.63) is 12.2 Å². The van der Waals surface area contributed by atoms with Crippen LogP contribution in [0.4, 0.5) is 0 Å². The molecule has 196 valence electrons. The Morgan fingerprint density at radius 2 is 0.727 bits per heavy atom. The van der Waals surface area contributed by atoms with Crippen LogP contribution in [0.5, 0.6) is 0 Å². The van der Waals surface area contributed by atoms with Gasteiger partial charge in [-0.05, 0) is 13.3 Å². The SMILES string of the molecule is C=C(C)C(=O)OCCOCCOCCOCCOCCOCCOCCOCCOCCC. The van der Waals surface area contributed by atoms with Gasteiger partial charge in [0.25, 0.3) is 0 Å². The normalized spacial score (nSPS) is 11.1. The van der Waals surface area contributed by atoms with Crippen molar-refractivity contribution >= 4 is 5.97 Å². The lowest BCUT2D eigenvalue weighted by Gasteiger charge is -2.08. The Bertz CT molecular complexity index is 433. The van der Waals surface area contributed by atoms with E-state index >= 15 is 0 Å². The van der Waals surface area contributed by atoms with Crippen molar-refractivity contribution in [3.63, 3.8) is 0 Å². The molecule has 33 heavy (non-hydrogen) atoms. The molecule has 0 atom stereocenters. The van der Waals surface area contributed by atoms with Gasteiger partial charge in [-0.3, -0.25) is 0 Å². The third kappa shape index (κ3) is 27.0. The van der Waals surface area contributed by atoms with Gasteiger partial charge in [0.15, 0.2) is 0 Å². The summed E-state index contributed by atoms with van der Waals surface area (Å²) in [6.07, 6.45) is 1.02. The van der Waals surface area contributed by atoms with Gasteiger partial charge >= 0.3 is 5.97 Å². The van der Waals surface area contributed by atoms with Crippen LogP contribution in [-0.4, -0.2) is 118 Å². The third-order valence-corrected chi connectivity index (χ3v) is 3.76. The first kappa shape index (κ1) is 31.9. The van der Waals surface area contributed by atoms with E-state index in [1.165, 1.54) is 0 Å². The van der Waals surface area contributed by atoms with Crippen molar-refractivity contribution < 1.29 is 47.4 Å². The van der Waals surface area contributed by atoms with E-state index < -0.39 is 5.97 Å². The van der Waals surface area contributed by atoms with Crippen molar-refractivity contribution in [2.75, 3.05) is 112 Å². The molecule has 0 rings (SSSR count). The maximum atomic E-state index is 11.1. The van der Waals surface area contributed by atoms with Crippen molar-refractivity contribution in [2.24, 2.45) is 0 Å². The molecule has 0 aliphatic heterocycles. The summed E-state index contributed by atoms with van der Waals surface area (Å²) >= 11 is 0. The van der Waals surface area contributed by atoms with Crippen LogP contribution in [0.15, 0.2) is 12.2 Å². The van der Waals surface area contributed by atoms with Gasteiger partial charge in [-0.2, -0.15) is 0 Å². The second-order valence-electron chi connectivity index (χ2n) is 6.82. The summed E-state index contributed by atoms with van der Waals surface area (Å²) in [6, 6.07) is 0. The zero-order valence-corrected chi connectivity index (χ0v) is 20.5. The lowest BCUT2D eigenvalue weighted by molar-refractivity contribution is -0.140. The van der Waals surface area contributed by atoms with Crippen LogP contribution in [0.3, 0.4) is 0 Å². The average Bonchev–Trinajstić information content (AvgIpc) is 2.81. The lowest BCUT2D eigenvalue weighted by Crippen LogP contribution is -2.15. The van der Waals surface area contributed by atoms with Crippen LogP contribution >= 0.6 is 0 Å². The fourth-order valence-electron chi connectivity index (χ4n) is 2.10. The van der Waals surface area contributed by atoms with E-state index in [0.29, 0.717) is 105 Å². The summed E-state index contributed by atoms with van der Waals surface area (Å²) in [5.74, 6) is -0.407. The molecule has 0 radical (unpaired) electrons. The molecular weight excluding hydrogens is 436 g/mol. The van der Waals surface area contributed by atoms with E-state index in [1.54, 1.807) is 6.92 Å². The van der Waals surface area contributed by atoms with E-state index in [9.17, 15) is 4.79 Å². The minimum absolute atomic E-state index is 0.207. The van der Waals surface area contributed by atoms with Crippen molar-refractivity contribution in [1.82, 2.24) is 0 Å². The Hall–Kier alpha value is -1.11. The predicted octanol–water partition coefficient (Wildman–Crippen LogP) is 1.65. The maximum Gasteiger partial charge on any atom is 0.333 e. The highest BCUT2D eigenvalue weighted by Gasteiger charge is 2.01. The molecule has 0 bridgehead atoms. The topological polar surface area (TPSA) is 100 Å². The summed E-state index contributed by atoms with van der Waals surface area (Å²) in [6.45, 7) is 15.8. The van der Waals surface area contributed by atoms with Crippen LogP contribution in [0.1, 0.15) is 20.3 Å². The number of rotatable bonds is 27. The van der Waals surface area contributed by atoms with E-state index in [-0.39, 0.29) is 6.61 Å². The maximum absolute atomic E-state index is 11.1. The van der Waals surface area contributed by atoms with Gasteiger partial charge in [0, 0.05) is 12.2 Å². The van der Waals surface area contributed by atoms with Gasteiger partial charge in [-0.25, -0.2) is 4.79 Å². The zero-order valence-electron chi connectivity index (χ0n) is 20.5. The monoisotopic (exact) mass is 480 g/mol. The number of carbonyl (C=O) groups is 1. The standard InChI is InChI=1S/C23H44O10/c1-4-5-25-6-7-26-8-9-27-10-11-28-12-13-29-14-15-30-16-17-31-18-19-32-20-21-33-23(24)22(2)3/h2,4-21H2,1,3H3. The third-order valence-electron chi connectivity index (χ3n) is 3.76. The number of ether oxygens (including phenoxy) is 9. The van der Waals surface area contributed by atoms with Gasteiger partial charge < -0.3 is 42.6 Å². The fraction of sp³-hybridized carbons (Fsp3) is 0.870. The summed E-state index contributed by atoms with van der Waals surface area (Å²) < 4.78 is 47.9. The van der Waals surface area contributed by atoms with Crippen LogP contribution in [0.25, 0.3) is 0 Å². The molecule has 0 aliphatic rings. The average molecular weight is 481 g/mol. The number of hydrogen-bond donors (Lipinski definition) is 0. The minimum Gasteiger partial charge on any atom is -0.460 e. The van der Waals surface area contributed by atoms with Crippen LogP contribution < -0.4 is 0 Å². The Labute approximate surface area is 198 Å². The molecule has 0 saturated carbocycles. The molecule has 0 spiro atoms. The van der Waals surface area contributed by atoms with Gasteiger partial charge in [-0.15, -0.1) is 0 Å². The van der Waals surface area contributed by atoms with Gasteiger partial charge in [0.05, 0.1) is 99.1 Å². The smallest absolute Gasteiger partial charge is 0.333 e. The molecule has 0 saturated heterocycles. The summed E-state index contributed by atoms with van der Waals surface area (Å²) in [7, 11) is 0. The Balaban J connectivity index is 3.05. The summed E-state index contributed by atoms with van der Waals surface area (Å²) in [5, 5.41) is 0. The van der Waals surface area contributed by atoms with Crippen molar-refractivity contribution in [2.45, 2.75) is 20.3 Å². The Morgan fingerprint density at radius 1 is 0.485 bits per heavy atom. The molecule has 0 aromatic carbocycles. The largest absolute Gasteiger partial charge is 0.460 e. The first-order valence-electron chi connectivity index (χ1n) is 11.6. The second kappa shape index (κ2) is 27.1. The summed E-state index contributed by atoms with van der Waals surface area (Å²) in [5.41, 5.74) is 0.375.